The largest absolute Gasteiger partial charge is 0.394 e. The number of aliphatic hydroxyl groups excluding tert-OH is 1. The topological polar surface area (TPSA) is 93.6 Å². The first-order chi connectivity index (χ1) is 18.8. The molecule has 0 aromatic heterocycles. The van der Waals surface area contributed by atoms with Gasteiger partial charge in [-0.15, -0.1) is 11.8 Å². The first-order valence-corrected chi connectivity index (χ1v) is 15.5. The van der Waals surface area contributed by atoms with Crippen LogP contribution in [-0.2, 0) is 19.1 Å². The maximum absolute atomic E-state index is 14.5. The normalized spacial score (nSPS) is 33.9. The van der Waals surface area contributed by atoms with Gasteiger partial charge in [-0.3, -0.25) is 19.3 Å². The van der Waals surface area contributed by atoms with Gasteiger partial charge in [-0.25, -0.2) is 0 Å². The Morgan fingerprint density at radius 1 is 1.03 bits per heavy atom. The van der Waals surface area contributed by atoms with Crippen LogP contribution < -0.4 is 0 Å². The number of carbonyl (C=O) groups is 3. The monoisotopic (exact) mass is 560 g/mol. The molecule has 0 aromatic rings. The van der Waals surface area contributed by atoms with Crippen molar-refractivity contribution in [3.63, 3.8) is 0 Å². The van der Waals surface area contributed by atoms with Crippen molar-refractivity contribution >= 4 is 29.5 Å². The highest BCUT2D eigenvalue weighted by atomic mass is 32.2. The molecule has 9 nitrogen and oxygen atoms in total. The minimum absolute atomic E-state index is 0.00820. The zero-order valence-electron chi connectivity index (χ0n) is 23.5. The number of nitrogens with zero attached hydrogens (tertiary/aromatic N) is 4. The maximum atomic E-state index is 14.5. The number of amides is 3. The van der Waals surface area contributed by atoms with Gasteiger partial charge in [0.25, 0.3) is 0 Å². The first kappa shape index (κ1) is 28.6. The highest BCUT2D eigenvalue weighted by molar-refractivity contribution is 8.02. The van der Waals surface area contributed by atoms with Gasteiger partial charge in [0.1, 0.15) is 6.04 Å². The molecule has 5 aliphatic rings. The number of rotatable bonds is 9. The number of hydrogen-bond donors (Lipinski definition) is 1. The minimum Gasteiger partial charge on any atom is -0.394 e. The van der Waals surface area contributed by atoms with Gasteiger partial charge in [-0.2, -0.15) is 0 Å². The van der Waals surface area contributed by atoms with E-state index in [1.54, 1.807) is 16.7 Å². The summed E-state index contributed by atoms with van der Waals surface area (Å²) in [7, 11) is 0. The molecule has 3 saturated heterocycles. The molecule has 10 heteroatoms. The van der Waals surface area contributed by atoms with Gasteiger partial charge in [0.15, 0.2) is 0 Å². The van der Waals surface area contributed by atoms with Crippen molar-refractivity contribution in [3.8, 4) is 0 Å². The zero-order chi connectivity index (χ0) is 27.7. The van der Waals surface area contributed by atoms with Crippen LogP contribution >= 0.6 is 11.8 Å². The summed E-state index contributed by atoms with van der Waals surface area (Å²) < 4.78 is 4.64. The van der Waals surface area contributed by atoms with Gasteiger partial charge in [0, 0.05) is 51.1 Å². The lowest BCUT2D eigenvalue weighted by Crippen LogP contribution is -2.57. The van der Waals surface area contributed by atoms with E-state index in [4.69, 9.17) is 4.74 Å². The fourth-order valence-electron chi connectivity index (χ4n) is 7.15. The molecule has 0 radical (unpaired) electrons. The second-order valence-electron chi connectivity index (χ2n) is 11.9. The summed E-state index contributed by atoms with van der Waals surface area (Å²) >= 11 is 1.61. The number of carbonyl (C=O) groups excluding carboxylic acids is 3. The smallest absolute Gasteiger partial charge is 0.247 e. The lowest BCUT2D eigenvalue weighted by Gasteiger charge is -2.39. The van der Waals surface area contributed by atoms with Crippen molar-refractivity contribution < 1.29 is 24.2 Å². The van der Waals surface area contributed by atoms with E-state index in [1.165, 1.54) is 0 Å². The van der Waals surface area contributed by atoms with Crippen LogP contribution in [0.25, 0.3) is 0 Å². The second-order valence-corrected chi connectivity index (χ2v) is 13.4. The summed E-state index contributed by atoms with van der Waals surface area (Å²) in [6.45, 7) is 12.1. The molecule has 39 heavy (non-hydrogen) atoms. The number of fused-ring (bicyclic) bond motifs is 2. The fourth-order valence-corrected chi connectivity index (χ4v) is 9.14. The molecule has 3 amide bonds. The van der Waals surface area contributed by atoms with Gasteiger partial charge >= 0.3 is 0 Å². The summed E-state index contributed by atoms with van der Waals surface area (Å²) in [5.41, 5.74) is 0. The molecule has 6 atom stereocenters. The van der Waals surface area contributed by atoms with Gasteiger partial charge in [-0.1, -0.05) is 45.1 Å². The summed E-state index contributed by atoms with van der Waals surface area (Å²) in [4.78, 5) is 50.6. The minimum atomic E-state index is -0.836. The molecule has 1 N–H and O–H groups in total. The third kappa shape index (κ3) is 5.18. The quantitative estimate of drug-likeness (QED) is 0.424. The van der Waals surface area contributed by atoms with E-state index in [0.717, 1.165) is 26.1 Å². The molecule has 5 aliphatic heterocycles. The number of aliphatic hydroxyl groups is 1. The molecule has 5 heterocycles. The van der Waals surface area contributed by atoms with E-state index in [-0.39, 0.29) is 35.5 Å². The molecular formula is C29H44N4O5S. The summed E-state index contributed by atoms with van der Waals surface area (Å²) in [6.07, 6.45) is 9.68. The third-order valence-corrected chi connectivity index (χ3v) is 10.6. The molecule has 1 unspecified atom stereocenters. The molecule has 0 saturated carbocycles. The summed E-state index contributed by atoms with van der Waals surface area (Å²) in [5.74, 6) is -1.13. The molecule has 216 valence electrons. The number of hydrogen-bond acceptors (Lipinski definition) is 7. The van der Waals surface area contributed by atoms with Crippen molar-refractivity contribution in [1.29, 1.82) is 0 Å². The maximum Gasteiger partial charge on any atom is 0.247 e. The zero-order valence-corrected chi connectivity index (χ0v) is 24.4. The van der Waals surface area contributed by atoms with Gasteiger partial charge in [-0.05, 0) is 18.8 Å². The Bertz CT molecular complexity index is 998. The average molecular weight is 561 g/mol. The number of ether oxygens (including phenoxy) is 1. The Kier molecular flexibility index (Phi) is 8.76. The average Bonchev–Trinajstić information content (AvgIpc) is 3.25. The van der Waals surface area contributed by atoms with Crippen molar-refractivity contribution in [2.45, 2.75) is 55.7 Å². The third-order valence-electron chi connectivity index (χ3n) is 8.89. The van der Waals surface area contributed by atoms with E-state index < -0.39 is 28.7 Å². The van der Waals surface area contributed by atoms with Crippen LogP contribution in [0.15, 0.2) is 24.3 Å². The van der Waals surface area contributed by atoms with Crippen LogP contribution in [0.1, 0.15) is 33.6 Å². The van der Waals surface area contributed by atoms with Crippen molar-refractivity contribution in [3.05, 3.63) is 24.3 Å². The molecule has 0 bridgehead atoms. The lowest BCUT2D eigenvalue weighted by atomic mass is 9.78. The van der Waals surface area contributed by atoms with Crippen LogP contribution in [0.4, 0.5) is 0 Å². The summed E-state index contributed by atoms with van der Waals surface area (Å²) in [6, 6.07) is -1.21. The van der Waals surface area contributed by atoms with Crippen LogP contribution in [0.5, 0.6) is 0 Å². The Morgan fingerprint density at radius 3 is 2.44 bits per heavy atom. The highest BCUT2D eigenvalue weighted by Gasteiger charge is 2.71. The van der Waals surface area contributed by atoms with Crippen molar-refractivity contribution in [2.24, 2.45) is 17.8 Å². The first-order valence-electron chi connectivity index (χ1n) is 14.6. The molecule has 1 spiro atoms. The van der Waals surface area contributed by atoms with Crippen molar-refractivity contribution in [1.82, 2.24) is 19.6 Å². The Labute approximate surface area is 236 Å². The van der Waals surface area contributed by atoms with E-state index in [1.807, 2.05) is 22.0 Å². The summed E-state index contributed by atoms with van der Waals surface area (Å²) in [5, 5.41) is 10.3. The lowest BCUT2D eigenvalue weighted by molar-refractivity contribution is -0.147. The van der Waals surface area contributed by atoms with E-state index in [0.29, 0.717) is 45.8 Å². The van der Waals surface area contributed by atoms with E-state index in [2.05, 4.69) is 37.8 Å². The van der Waals surface area contributed by atoms with E-state index in [9.17, 15) is 19.5 Å². The van der Waals surface area contributed by atoms with Gasteiger partial charge in [0.05, 0.1) is 42.4 Å². The van der Waals surface area contributed by atoms with Crippen LogP contribution in [0, 0.1) is 17.8 Å². The highest BCUT2D eigenvalue weighted by Crippen LogP contribution is 2.61. The predicted molar refractivity (Wildman–Crippen MR) is 151 cm³/mol. The molecule has 0 aliphatic carbocycles. The molecule has 5 rings (SSSR count). The SMILES string of the molecule is CCCN1CC=C[C@@H]2S[C@]34C=CCN(CCN5CCOCC5)C(=O)C3N([C@@H](CO)CC(C)C)C(=O)[C@@H]4[C@@H]2C1=O. The van der Waals surface area contributed by atoms with Crippen LogP contribution in [0.3, 0.4) is 0 Å². The molecule has 0 aromatic carbocycles. The number of morpholine rings is 1. The molecule has 3 fully saturated rings. The van der Waals surface area contributed by atoms with Crippen molar-refractivity contribution in [2.75, 3.05) is 65.6 Å². The Morgan fingerprint density at radius 2 is 1.74 bits per heavy atom. The predicted octanol–water partition coefficient (Wildman–Crippen LogP) is 1.23. The van der Waals surface area contributed by atoms with Crippen LogP contribution in [-0.4, -0.2) is 130 Å². The Balaban J connectivity index is 1.51. The van der Waals surface area contributed by atoms with Crippen LogP contribution in [0.2, 0.25) is 0 Å². The second kappa shape index (κ2) is 11.9. The Hall–Kier alpha value is -1.88. The van der Waals surface area contributed by atoms with Gasteiger partial charge in [0.2, 0.25) is 17.7 Å². The standard InChI is InChI=1S/C29H44N4O5S/c1-4-9-31-10-5-7-22-23(26(31)35)24-27(36)33(21(19-34)18-20(2)3)25-28(37)32(11-6-8-29(24,25)39-22)13-12-30-14-16-38-17-15-30/h5-8,20-25,34H,4,9-19H2,1-3H3/t21-,22+,23-,24+,25?,29+/m1/s1. The number of thioether (sulfide) groups is 1. The molecular weight excluding hydrogens is 516 g/mol. The fraction of sp³-hybridized carbons (Fsp3) is 0.759. The van der Waals surface area contributed by atoms with Gasteiger partial charge < -0.3 is 24.5 Å². The van der Waals surface area contributed by atoms with E-state index >= 15 is 0 Å². The number of likely N-dealkylation sites (tertiary alicyclic amines) is 1.